The fraction of sp³-hybridized carbons (Fsp3) is 0.500. The number of rotatable bonds is 0. The van der Waals surface area contributed by atoms with Crippen molar-refractivity contribution in [2.45, 2.75) is 13.1 Å². The van der Waals surface area contributed by atoms with Crippen molar-refractivity contribution in [2.24, 2.45) is 0 Å². The molecule has 0 bridgehead atoms. The first-order chi connectivity index (χ1) is 4.47. The maximum absolute atomic E-state index is 4.13. The molecule has 0 spiro atoms. The summed E-state index contributed by atoms with van der Waals surface area (Å²) < 4.78 is 2.04. The topological polar surface area (TPSA) is 29.9 Å². The van der Waals surface area contributed by atoms with Crippen molar-refractivity contribution in [3.05, 3.63) is 18.0 Å². The van der Waals surface area contributed by atoms with E-state index in [1.165, 1.54) is 5.69 Å². The third-order valence-corrected chi connectivity index (χ3v) is 1.61. The minimum absolute atomic E-state index is 0. The predicted molar refractivity (Wildman–Crippen MR) is 41.2 cm³/mol. The zero-order valence-electron chi connectivity index (χ0n) is 5.58. The molecule has 0 saturated carbocycles. The zero-order valence-corrected chi connectivity index (χ0v) is 6.40. The van der Waals surface area contributed by atoms with Gasteiger partial charge in [0, 0.05) is 19.3 Å². The van der Waals surface area contributed by atoms with E-state index < -0.39 is 0 Å². The van der Waals surface area contributed by atoms with Gasteiger partial charge in [-0.15, -0.1) is 12.4 Å². The summed E-state index contributed by atoms with van der Waals surface area (Å²) in [4.78, 5) is 0. The third kappa shape index (κ3) is 1.15. The summed E-state index contributed by atoms with van der Waals surface area (Å²) in [6, 6.07) is 2.05. The summed E-state index contributed by atoms with van der Waals surface area (Å²) >= 11 is 0. The Labute approximate surface area is 65.8 Å². The van der Waals surface area contributed by atoms with Crippen LogP contribution in [-0.2, 0) is 13.1 Å². The Balaban J connectivity index is 0.000000500. The molecule has 0 aliphatic carbocycles. The highest BCUT2D eigenvalue weighted by atomic mass is 35.5. The Morgan fingerprint density at radius 1 is 1.60 bits per heavy atom. The van der Waals surface area contributed by atoms with Gasteiger partial charge in [0.05, 0.1) is 12.2 Å². The number of hydrogen-bond donors (Lipinski definition) is 1. The highest BCUT2D eigenvalue weighted by Gasteiger charge is 2.05. The van der Waals surface area contributed by atoms with Crippen LogP contribution in [0.25, 0.3) is 0 Å². The van der Waals surface area contributed by atoms with E-state index in [9.17, 15) is 0 Å². The molecule has 0 saturated heterocycles. The van der Waals surface area contributed by atoms with E-state index in [1.54, 1.807) is 0 Å². The Hall–Kier alpha value is -0.540. The lowest BCUT2D eigenvalue weighted by atomic mass is 10.3. The average molecular weight is 160 g/mol. The van der Waals surface area contributed by atoms with Crippen LogP contribution in [0.1, 0.15) is 5.69 Å². The summed E-state index contributed by atoms with van der Waals surface area (Å²) in [7, 11) is 0. The van der Waals surface area contributed by atoms with Gasteiger partial charge in [-0.3, -0.25) is 4.68 Å². The van der Waals surface area contributed by atoms with E-state index in [4.69, 9.17) is 0 Å². The van der Waals surface area contributed by atoms with Gasteiger partial charge in [-0.25, -0.2) is 0 Å². The molecule has 1 aliphatic heterocycles. The van der Waals surface area contributed by atoms with Crippen LogP contribution in [0.3, 0.4) is 0 Å². The molecule has 1 aromatic heterocycles. The summed E-state index contributed by atoms with van der Waals surface area (Å²) in [6.45, 7) is 3.04. The fourth-order valence-corrected chi connectivity index (χ4v) is 1.11. The lowest BCUT2D eigenvalue weighted by molar-refractivity contribution is 0.475. The number of nitrogens with zero attached hydrogens (tertiary/aromatic N) is 2. The van der Waals surface area contributed by atoms with Crippen molar-refractivity contribution in [2.75, 3.05) is 6.54 Å². The van der Waals surface area contributed by atoms with Crippen LogP contribution >= 0.6 is 12.4 Å². The van der Waals surface area contributed by atoms with Crippen LogP contribution in [0.4, 0.5) is 0 Å². The second kappa shape index (κ2) is 3.03. The molecule has 0 atom stereocenters. The zero-order chi connectivity index (χ0) is 6.10. The van der Waals surface area contributed by atoms with Crippen molar-refractivity contribution in [3.8, 4) is 0 Å². The highest BCUT2D eigenvalue weighted by Crippen LogP contribution is 2.00. The Kier molecular flexibility index (Phi) is 2.29. The molecule has 1 N–H and O–H groups in total. The van der Waals surface area contributed by atoms with Gasteiger partial charge in [-0.2, -0.15) is 5.10 Å². The number of hydrogen-bond acceptors (Lipinski definition) is 2. The smallest absolute Gasteiger partial charge is 0.0537 e. The molecule has 2 heterocycles. The van der Waals surface area contributed by atoms with Crippen LogP contribution in [0.5, 0.6) is 0 Å². The molecule has 0 unspecified atom stereocenters. The number of halogens is 1. The molecule has 4 heteroatoms. The first-order valence-electron chi connectivity index (χ1n) is 3.18. The van der Waals surface area contributed by atoms with Gasteiger partial charge >= 0.3 is 0 Å². The monoisotopic (exact) mass is 159 g/mol. The largest absolute Gasteiger partial charge is 0.309 e. The SMILES string of the molecule is Cl.c1cc2n(n1)CCNC2. The molecular weight excluding hydrogens is 150 g/mol. The molecule has 1 aromatic rings. The van der Waals surface area contributed by atoms with E-state index in [1.807, 2.05) is 16.9 Å². The van der Waals surface area contributed by atoms with Crippen molar-refractivity contribution in [1.29, 1.82) is 0 Å². The summed E-state index contributed by atoms with van der Waals surface area (Å²) in [5.74, 6) is 0. The third-order valence-electron chi connectivity index (χ3n) is 1.61. The highest BCUT2D eigenvalue weighted by molar-refractivity contribution is 5.85. The molecule has 0 amide bonds. The van der Waals surface area contributed by atoms with Crippen LogP contribution in [0, 0.1) is 0 Å². The number of fused-ring (bicyclic) bond motifs is 1. The van der Waals surface area contributed by atoms with Crippen molar-refractivity contribution in [1.82, 2.24) is 15.1 Å². The second-order valence-electron chi connectivity index (χ2n) is 2.22. The molecule has 3 nitrogen and oxygen atoms in total. The minimum Gasteiger partial charge on any atom is -0.309 e. The quantitative estimate of drug-likeness (QED) is 0.594. The van der Waals surface area contributed by atoms with Gasteiger partial charge in [0.25, 0.3) is 0 Å². The van der Waals surface area contributed by atoms with Gasteiger partial charge in [-0.05, 0) is 6.07 Å². The predicted octanol–water partition coefficient (Wildman–Crippen LogP) is 0.408. The summed E-state index contributed by atoms with van der Waals surface area (Å²) in [5, 5.41) is 7.40. The lowest BCUT2D eigenvalue weighted by Crippen LogP contribution is -2.28. The van der Waals surface area contributed by atoms with Crippen LogP contribution < -0.4 is 5.32 Å². The first kappa shape index (κ1) is 7.57. The van der Waals surface area contributed by atoms with Gasteiger partial charge in [0.15, 0.2) is 0 Å². The van der Waals surface area contributed by atoms with Gasteiger partial charge in [0.1, 0.15) is 0 Å². The van der Waals surface area contributed by atoms with E-state index >= 15 is 0 Å². The molecule has 0 radical (unpaired) electrons. The van der Waals surface area contributed by atoms with Crippen molar-refractivity contribution >= 4 is 12.4 Å². The molecule has 56 valence electrons. The number of aromatic nitrogens is 2. The normalized spacial score (nSPS) is 15.6. The fourth-order valence-electron chi connectivity index (χ4n) is 1.11. The van der Waals surface area contributed by atoms with E-state index in [-0.39, 0.29) is 12.4 Å². The minimum atomic E-state index is 0. The molecule has 10 heavy (non-hydrogen) atoms. The average Bonchev–Trinajstić information content (AvgIpc) is 2.33. The molecular formula is C6H10ClN3. The maximum Gasteiger partial charge on any atom is 0.0537 e. The van der Waals surface area contributed by atoms with Crippen molar-refractivity contribution in [3.63, 3.8) is 0 Å². The molecule has 0 aromatic carbocycles. The van der Waals surface area contributed by atoms with Gasteiger partial charge in [-0.1, -0.05) is 0 Å². The van der Waals surface area contributed by atoms with E-state index in [0.29, 0.717) is 0 Å². The van der Waals surface area contributed by atoms with Crippen molar-refractivity contribution < 1.29 is 0 Å². The van der Waals surface area contributed by atoms with Crippen LogP contribution in [0.15, 0.2) is 12.3 Å². The summed E-state index contributed by atoms with van der Waals surface area (Å²) in [6.07, 6.45) is 1.85. The van der Waals surface area contributed by atoms with Gasteiger partial charge in [0.2, 0.25) is 0 Å². The Bertz CT molecular complexity index is 188. The molecule has 2 rings (SSSR count). The lowest BCUT2D eigenvalue weighted by Gasteiger charge is -2.13. The number of nitrogens with one attached hydrogen (secondary N) is 1. The van der Waals surface area contributed by atoms with Crippen LogP contribution in [-0.4, -0.2) is 16.3 Å². The molecule has 1 aliphatic rings. The van der Waals surface area contributed by atoms with E-state index in [0.717, 1.165) is 19.6 Å². The Morgan fingerprint density at radius 2 is 2.50 bits per heavy atom. The first-order valence-corrected chi connectivity index (χ1v) is 3.18. The van der Waals surface area contributed by atoms with Gasteiger partial charge < -0.3 is 5.32 Å². The summed E-state index contributed by atoms with van der Waals surface area (Å²) in [5.41, 5.74) is 1.29. The maximum atomic E-state index is 4.13. The molecule has 0 fully saturated rings. The van der Waals surface area contributed by atoms with E-state index in [2.05, 4.69) is 10.4 Å². The Morgan fingerprint density at radius 3 is 3.30 bits per heavy atom. The van der Waals surface area contributed by atoms with Crippen LogP contribution in [0.2, 0.25) is 0 Å². The standard InChI is InChI=1S/C6H9N3.ClH/c1-2-8-9-4-3-7-5-6(1)9;/h1-2,7H,3-5H2;1H. The second-order valence-corrected chi connectivity index (χ2v) is 2.22.